The van der Waals surface area contributed by atoms with Crippen LogP contribution in [0.3, 0.4) is 0 Å². The predicted octanol–water partition coefficient (Wildman–Crippen LogP) is 4.41. The van der Waals surface area contributed by atoms with Gasteiger partial charge in [-0.1, -0.05) is 48.0 Å². The smallest absolute Gasteiger partial charge is 0.0706 e. The molecule has 0 aliphatic rings. The fourth-order valence-electron chi connectivity index (χ4n) is 2.42. The minimum atomic E-state index is 0.572. The summed E-state index contributed by atoms with van der Waals surface area (Å²) in [7, 11) is 0. The van der Waals surface area contributed by atoms with Gasteiger partial charge in [0.25, 0.3) is 0 Å². The Morgan fingerprint density at radius 3 is 2.67 bits per heavy atom. The minimum Gasteiger partial charge on any atom is -0.265 e. The van der Waals surface area contributed by atoms with Crippen LogP contribution in [-0.2, 0) is 13.0 Å². The first-order valence-electron chi connectivity index (χ1n) is 6.75. The van der Waals surface area contributed by atoms with Crippen LogP contribution in [0.1, 0.15) is 32.9 Å². The van der Waals surface area contributed by atoms with Gasteiger partial charge in [0.1, 0.15) is 0 Å². The topological polar surface area (TPSA) is 17.8 Å². The highest BCUT2D eigenvalue weighted by Crippen LogP contribution is 2.25. The summed E-state index contributed by atoms with van der Waals surface area (Å²) in [6.45, 7) is 7.59. The SMILES string of the molecule is CCC(Br)C(C)Cc1nn(CC)c2ccccc12. The van der Waals surface area contributed by atoms with Crippen molar-refractivity contribution >= 4 is 26.8 Å². The zero-order valence-electron chi connectivity index (χ0n) is 11.4. The summed E-state index contributed by atoms with van der Waals surface area (Å²) >= 11 is 3.75. The highest BCUT2D eigenvalue weighted by atomic mass is 79.9. The maximum absolute atomic E-state index is 4.76. The first-order chi connectivity index (χ1) is 8.67. The van der Waals surface area contributed by atoms with E-state index in [-0.39, 0.29) is 0 Å². The fourth-order valence-corrected chi connectivity index (χ4v) is 2.61. The summed E-state index contributed by atoms with van der Waals surface area (Å²) < 4.78 is 2.10. The standard InChI is InChI=1S/C15H21BrN2/c1-4-13(16)11(3)10-14-12-8-6-7-9-15(12)18(5-2)17-14/h6-9,11,13H,4-5,10H2,1-3H3. The van der Waals surface area contributed by atoms with E-state index in [1.807, 2.05) is 0 Å². The Balaban J connectivity index is 2.33. The van der Waals surface area contributed by atoms with Crippen molar-refractivity contribution in [3.63, 3.8) is 0 Å². The molecule has 3 heteroatoms. The van der Waals surface area contributed by atoms with E-state index in [1.54, 1.807) is 0 Å². The number of rotatable bonds is 5. The first kappa shape index (κ1) is 13.6. The molecule has 0 bridgehead atoms. The lowest BCUT2D eigenvalue weighted by molar-refractivity contribution is 0.532. The van der Waals surface area contributed by atoms with Crippen LogP contribution in [0, 0.1) is 5.92 Å². The number of hydrogen-bond donors (Lipinski definition) is 0. The summed E-state index contributed by atoms with van der Waals surface area (Å²) in [5, 5.41) is 6.07. The largest absolute Gasteiger partial charge is 0.265 e. The molecule has 18 heavy (non-hydrogen) atoms. The summed E-state index contributed by atoms with van der Waals surface area (Å²) in [5.74, 6) is 0.610. The van der Waals surface area contributed by atoms with Crippen LogP contribution in [-0.4, -0.2) is 14.6 Å². The minimum absolute atomic E-state index is 0.572. The number of alkyl halides is 1. The van der Waals surface area contributed by atoms with Crippen LogP contribution in [0.5, 0.6) is 0 Å². The number of halogens is 1. The van der Waals surface area contributed by atoms with E-state index in [1.165, 1.54) is 16.6 Å². The Kier molecular flexibility index (Phi) is 4.44. The Hall–Kier alpha value is -0.830. The van der Waals surface area contributed by atoms with Gasteiger partial charge in [0.05, 0.1) is 11.2 Å². The maximum Gasteiger partial charge on any atom is 0.0706 e. The molecular formula is C15H21BrN2. The van der Waals surface area contributed by atoms with Crippen LogP contribution in [0.4, 0.5) is 0 Å². The average molecular weight is 309 g/mol. The quantitative estimate of drug-likeness (QED) is 0.748. The molecular weight excluding hydrogens is 288 g/mol. The van der Waals surface area contributed by atoms with Crippen molar-refractivity contribution in [1.82, 2.24) is 9.78 Å². The molecule has 0 radical (unpaired) electrons. The van der Waals surface area contributed by atoms with Gasteiger partial charge < -0.3 is 0 Å². The number of aryl methyl sites for hydroxylation is 1. The molecule has 0 amide bonds. The molecule has 2 aromatic rings. The van der Waals surface area contributed by atoms with E-state index in [0.29, 0.717) is 10.7 Å². The number of para-hydroxylation sites is 1. The summed E-state index contributed by atoms with van der Waals surface area (Å²) in [6, 6.07) is 8.53. The molecule has 0 aliphatic heterocycles. The van der Waals surface area contributed by atoms with Gasteiger partial charge >= 0.3 is 0 Å². The highest BCUT2D eigenvalue weighted by molar-refractivity contribution is 9.09. The molecule has 0 fully saturated rings. The Bertz CT molecular complexity index is 518. The summed E-state index contributed by atoms with van der Waals surface area (Å²) in [6.07, 6.45) is 2.20. The van der Waals surface area contributed by atoms with Gasteiger partial charge in [-0.25, -0.2) is 0 Å². The lowest BCUT2D eigenvalue weighted by Crippen LogP contribution is -2.13. The Labute approximate surface area is 118 Å². The van der Waals surface area contributed by atoms with Crippen LogP contribution in [0.15, 0.2) is 24.3 Å². The van der Waals surface area contributed by atoms with Gasteiger partial charge in [-0.15, -0.1) is 0 Å². The molecule has 0 saturated carbocycles. The average Bonchev–Trinajstić information content (AvgIpc) is 2.76. The molecule has 0 saturated heterocycles. The van der Waals surface area contributed by atoms with Gasteiger partial charge in [-0.05, 0) is 31.7 Å². The van der Waals surface area contributed by atoms with Crippen molar-refractivity contribution in [2.45, 2.75) is 45.0 Å². The van der Waals surface area contributed by atoms with E-state index < -0.39 is 0 Å². The fraction of sp³-hybridized carbons (Fsp3) is 0.533. The van der Waals surface area contributed by atoms with Crippen molar-refractivity contribution in [3.05, 3.63) is 30.0 Å². The molecule has 2 atom stereocenters. The number of fused-ring (bicyclic) bond motifs is 1. The maximum atomic E-state index is 4.76. The lowest BCUT2D eigenvalue weighted by Gasteiger charge is -2.15. The van der Waals surface area contributed by atoms with Crippen LogP contribution >= 0.6 is 15.9 Å². The Morgan fingerprint density at radius 1 is 1.28 bits per heavy atom. The molecule has 1 aromatic carbocycles. The van der Waals surface area contributed by atoms with Crippen molar-refractivity contribution in [1.29, 1.82) is 0 Å². The van der Waals surface area contributed by atoms with E-state index in [4.69, 9.17) is 5.10 Å². The molecule has 98 valence electrons. The molecule has 2 unspecified atom stereocenters. The molecule has 2 nitrogen and oxygen atoms in total. The normalized spacial score (nSPS) is 14.9. The van der Waals surface area contributed by atoms with Crippen molar-refractivity contribution in [2.24, 2.45) is 5.92 Å². The molecule has 1 aromatic heterocycles. The van der Waals surface area contributed by atoms with Crippen molar-refractivity contribution in [2.75, 3.05) is 0 Å². The zero-order chi connectivity index (χ0) is 13.1. The number of benzene rings is 1. The monoisotopic (exact) mass is 308 g/mol. The van der Waals surface area contributed by atoms with Gasteiger partial charge in [0.15, 0.2) is 0 Å². The molecule has 1 heterocycles. The Morgan fingerprint density at radius 2 is 2.00 bits per heavy atom. The molecule has 0 spiro atoms. The first-order valence-corrected chi connectivity index (χ1v) is 7.67. The van der Waals surface area contributed by atoms with Gasteiger partial charge in [0, 0.05) is 16.8 Å². The van der Waals surface area contributed by atoms with Gasteiger partial charge in [-0.2, -0.15) is 5.10 Å². The second-order valence-corrected chi connectivity index (χ2v) is 6.06. The van der Waals surface area contributed by atoms with Gasteiger partial charge in [0.2, 0.25) is 0 Å². The third kappa shape index (κ3) is 2.61. The number of hydrogen-bond acceptors (Lipinski definition) is 1. The third-order valence-electron chi connectivity index (χ3n) is 3.56. The van der Waals surface area contributed by atoms with Crippen LogP contribution < -0.4 is 0 Å². The van der Waals surface area contributed by atoms with Crippen molar-refractivity contribution in [3.8, 4) is 0 Å². The highest BCUT2D eigenvalue weighted by Gasteiger charge is 2.16. The molecule has 0 N–H and O–H groups in total. The van der Waals surface area contributed by atoms with Gasteiger partial charge in [-0.3, -0.25) is 4.68 Å². The zero-order valence-corrected chi connectivity index (χ0v) is 12.9. The second kappa shape index (κ2) is 5.87. The molecule has 0 aliphatic carbocycles. The second-order valence-electron chi connectivity index (χ2n) is 4.89. The van der Waals surface area contributed by atoms with Crippen molar-refractivity contribution < 1.29 is 0 Å². The van der Waals surface area contributed by atoms with E-state index in [9.17, 15) is 0 Å². The third-order valence-corrected chi connectivity index (χ3v) is 5.11. The predicted molar refractivity (Wildman–Crippen MR) is 81.3 cm³/mol. The number of aromatic nitrogens is 2. The summed E-state index contributed by atoms with van der Waals surface area (Å²) in [4.78, 5) is 0.572. The van der Waals surface area contributed by atoms with Crippen LogP contribution in [0.2, 0.25) is 0 Å². The van der Waals surface area contributed by atoms with E-state index in [0.717, 1.165) is 19.4 Å². The van der Waals surface area contributed by atoms with Crippen LogP contribution in [0.25, 0.3) is 10.9 Å². The van der Waals surface area contributed by atoms with E-state index >= 15 is 0 Å². The lowest BCUT2D eigenvalue weighted by atomic mass is 9.98. The number of nitrogens with zero attached hydrogens (tertiary/aromatic N) is 2. The van der Waals surface area contributed by atoms with E-state index in [2.05, 4.69) is 65.6 Å². The molecule has 2 rings (SSSR count). The summed E-state index contributed by atoms with van der Waals surface area (Å²) in [5.41, 5.74) is 2.49.